The van der Waals surface area contributed by atoms with Crippen LogP contribution in [0.15, 0.2) is 12.1 Å². The molecule has 0 aliphatic carbocycles. The van der Waals surface area contributed by atoms with Crippen LogP contribution in [-0.2, 0) is 6.54 Å². The Labute approximate surface area is 129 Å². The zero-order chi connectivity index (χ0) is 15.5. The minimum absolute atomic E-state index is 0.199. The van der Waals surface area contributed by atoms with E-state index in [-0.39, 0.29) is 5.54 Å². The first-order valence-electron chi connectivity index (χ1n) is 8.07. The van der Waals surface area contributed by atoms with Crippen molar-refractivity contribution in [1.29, 1.82) is 0 Å². The summed E-state index contributed by atoms with van der Waals surface area (Å²) in [6.07, 6.45) is 1.17. The Bertz CT molecular complexity index is 470. The fourth-order valence-electron chi connectivity index (χ4n) is 2.83. The number of nitrogens with one attached hydrogen (secondary N) is 1. The lowest BCUT2D eigenvalue weighted by Gasteiger charge is -2.45. The molecule has 0 atom stereocenters. The zero-order valence-electron chi connectivity index (χ0n) is 14.2. The Kier molecular flexibility index (Phi) is 5.22. The van der Waals surface area contributed by atoms with Crippen molar-refractivity contribution in [2.75, 3.05) is 38.1 Å². The average molecular weight is 290 g/mol. The molecule has 1 saturated heterocycles. The molecule has 1 aromatic rings. The maximum absolute atomic E-state index is 4.76. The van der Waals surface area contributed by atoms with E-state index in [1.807, 2.05) is 0 Å². The molecule has 1 fully saturated rings. The molecule has 1 aliphatic heterocycles. The van der Waals surface area contributed by atoms with Gasteiger partial charge in [-0.05, 0) is 58.5 Å². The predicted octanol–water partition coefficient (Wildman–Crippen LogP) is 2.42. The van der Waals surface area contributed by atoms with Gasteiger partial charge in [-0.25, -0.2) is 4.98 Å². The summed E-state index contributed by atoms with van der Waals surface area (Å²) in [6.45, 7) is 14.1. The first kappa shape index (κ1) is 16.2. The Hall–Kier alpha value is -1.13. The average Bonchev–Trinajstić information content (AvgIpc) is 2.41. The lowest BCUT2D eigenvalue weighted by atomic mass is 9.99. The van der Waals surface area contributed by atoms with E-state index in [4.69, 9.17) is 4.98 Å². The van der Waals surface area contributed by atoms with Crippen LogP contribution < -0.4 is 10.2 Å². The number of nitrogens with zero attached hydrogens (tertiary/aromatic N) is 3. The van der Waals surface area contributed by atoms with Crippen LogP contribution in [0.2, 0.25) is 0 Å². The Morgan fingerprint density at radius 1 is 1.29 bits per heavy atom. The number of hydrogen-bond acceptors (Lipinski definition) is 4. The molecule has 118 valence electrons. The molecule has 4 nitrogen and oxygen atoms in total. The summed E-state index contributed by atoms with van der Waals surface area (Å²) in [6, 6.07) is 4.43. The first-order chi connectivity index (χ1) is 9.92. The molecule has 1 N–H and O–H groups in total. The van der Waals surface area contributed by atoms with Crippen LogP contribution in [0.25, 0.3) is 0 Å². The molecule has 0 spiro atoms. The summed E-state index contributed by atoms with van der Waals surface area (Å²) in [4.78, 5) is 9.62. The van der Waals surface area contributed by atoms with Crippen LogP contribution in [0.4, 0.5) is 5.82 Å². The quantitative estimate of drug-likeness (QED) is 0.844. The van der Waals surface area contributed by atoms with Crippen molar-refractivity contribution in [3.8, 4) is 0 Å². The maximum Gasteiger partial charge on any atom is 0.129 e. The molecule has 2 rings (SSSR count). The van der Waals surface area contributed by atoms with Crippen molar-refractivity contribution >= 4 is 5.82 Å². The van der Waals surface area contributed by atoms with Crippen molar-refractivity contribution in [2.24, 2.45) is 0 Å². The van der Waals surface area contributed by atoms with Crippen molar-refractivity contribution in [2.45, 2.75) is 46.2 Å². The van der Waals surface area contributed by atoms with E-state index in [2.05, 4.69) is 62.0 Å². The number of piperazine rings is 1. The van der Waals surface area contributed by atoms with Gasteiger partial charge in [-0.15, -0.1) is 0 Å². The van der Waals surface area contributed by atoms with Crippen LogP contribution in [0.1, 0.15) is 38.4 Å². The number of hydrogen-bond donors (Lipinski definition) is 1. The number of aromatic nitrogens is 1. The summed E-state index contributed by atoms with van der Waals surface area (Å²) in [5.74, 6) is 1.13. The molecule has 0 unspecified atom stereocenters. The van der Waals surface area contributed by atoms with E-state index >= 15 is 0 Å². The molecule has 0 bridgehead atoms. The van der Waals surface area contributed by atoms with Gasteiger partial charge in [0.15, 0.2) is 0 Å². The zero-order valence-corrected chi connectivity index (χ0v) is 14.2. The van der Waals surface area contributed by atoms with Crippen molar-refractivity contribution in [3.05, 3.63) is 23.4 Å². The Balaban J connectivity index is 2.12. The number of anilines is 1. The molecular formula is C17H30N4. The van der Waals surface area contributed by atoms with Gasteiger partial charge >= 0.3 is 0 Å². The third-order valence-corrected chi connectivity index (χ3v) is 4.40. The normalized spacial score (nSPS) is 19.0. The highest BCUT2D eigenvalue weighted by Gasteiger charge is 2.31. The van der Waals surface area contributed by atoms with Crippen molar-refractivity contribution < 1.29 is 0 Å². The molecule has 0 aromatic carbocycles. The fourth-order valence-corrected chi connectivity index (χ4v) is 2.83. The van der Waals surface area contributed by atoms with Crippen molar-refractivity contribution in [3.63, 3.8) is 0 Å². The monoisotopic (exact) mass is 290 g/mol. The van der Waals surface area contributed by atoms with Crippen LogP contribution in [0, 0.1) is 6.92 Å². The van der Waals surface area contributed by atoms with Crippen LogP contribution >= 0.6 is 0 Å². The van der Waals surface area contributed by atoms with Crippen molar-refractivity contribution in [1.82, 2.24) is 15.2 Å². The minimum Gasteiger partial charge on any atom is -0.353 e. The van der Waals surface area contributed by atoms with E-state index in [0.717, 1.165) is 44.2 Å². The summed E-state index contributed by atoms with van der Waals surface area (Å²) in [5, 5.41) is 3.48. The summed E-state index contributed by atoms with van der Waals surface area (Å²) >= 11 is 0. The van der Waals surface area contributed by atoms with Gasteiger partial charge in [-0.3, -0.25) is 4.90 Å². The predicted molar refractivity (Wildman–Crippen MR) is 89.9 cm³/mol. The Morgan fingerprint density at radius 2 is 2.05 bits per heavy atom. The second kappa shape index (κ2) is 6.75. The number of aryl methyl sites for hydroxylation is 1. The second-order valence-electron chi connectivity index (χ2n) is 6.81. The van der Waals surface area contributed by atoms with Gasteiger partial charge in [0.2, 0.25) is 0 Å². The highest BCUT2D eigenvalue weighted by Crippen LogP contribution is 2.24. The largest absolute Gasteiger partial charge is 0.353 e. The van der Waals surface area contributed by atoms with Gasteiger partial charge in [0.05, 0.1) is 0 Å². The van der Waals surface area contributed by atoms with Gasteiger partial charge in [-0.1, -0.05) is 6.92 Å². The minimum atomic E-state index is 0.199. The fraction of sp³-hybridized carbons (Fsp3) is 0.706. The summed E-state index contributed by atoms with van der Waals surface area (Å²) in [5.41, 5.74) is 2.64. The lowest BCUT2D eigenvalue weighted by molar-refractivity contribution is 0.138. The van der Waals surface area contributed by atoms with E-state index in [0.29, 0.717) is 0 Å². The van der Waals surface area contributed by atoms with Gasteiger partial charge in [-0.2, -0.15) is 0 Å². The van der Waals surface area contributed by atoms with Gasteiger partial charge in [0.1, 0.15) is 5.82 Å². The van der Waals surface area contributed by atoms with Gasteiger partial charge in [0.25, 0.3) is 0 Å². The highest BCUT2D eigenvalue weighted by molar-refractivity contribution is 5.44. The van der Waals surface area contributed by atoms with E-state index in [1.54, 1.807) is 0 Å². The molecular weight excluding hydrogens is 260 g/mol. The molecule has 1 aromatic heterocycles. The first-order valence-corrected chi connectivity index (χ1v) is 8.07. The van der Waals surface area contributed by atoms with E-state index in [9.17, 15) is 0 Å². The Morgan fingerprint density at radius 3 is 2.71 bits per heavy atom. The standard InChI is InChI=1S/C17H30N4/c1-6-7-18-12-15-10-14(2)19-16(11-15)21-9-8-20(5)17(3,4)13-21/h10-11,18H,6-9,12-13H2,1-5H3. The molecule has 2 heterocycles. The highest BCUT2D eigenvalue weighted by atomic mass is 15.3. The summed E-state index contributed by atoms with van der Waals surface area (Å²) in [7, 11) is 2.21. The van der Waals surface area contributed by atoms with Crippen LogP contribution in [-0.4, -0.2) is 48.6 Å². The van der Waals surface area contributed by atoms with E-state index < -0.39 is 0 Å². The number of rotatable bonds is 5. The third kappa shape index (κ3) is 4.17. The lowest BCUT2D eigenvalue weighted by Crippen LogP contribution is -2.57. The van der Waals surface area contributed by atoms with Gasteiger partial charge < -0.3 is 10.2 Å². The van der Waals surface area contributed by atoms with Gasteiger partial charge in [0, 0.05) is 37.4 Å². The number of likely N-dealkylation sites (N-methyl/N-ethyl adjacent to an activating group) is 1. The molecule has 0 saturated carbocycles. The topological polar surface area (TPSA) is 31.4 Å². The maximum atomic E-state index is 4.76. The number of pyridine rings is 1. The smallest absolute Gasteiger partial charge is 0.129 e. The molecule has 0 amide bonds. The van der Waals surface area contributed by atoms with Crippen LogP contribution in [0.3, 0.4) is 0 Å². The second-order valence-corrected chi connectivity index (χ2v) is 6.81. The SMILES string of the molecule is CCCNCc1cc(C)nc(N2CCN(C)C(C)(C)C2)c1. The molecule has 4 heteroatoms. The van der Waals surface area contributed by atoms with E-state index in [1.165, 1.54) is 12.0 Å². The van der Waals surface area contributed by atoms with Crippen LogP contribution in [0.5, 0.6) is 0 Å². The third-order valence-electron chi connectivity index (χ3n) is 4.40. The summed E-state index contributed by atoms with van der Waals surface area (Å²) < 4.78 is 0. The molecule has 21 heavy (non-hydrogen) atoms. The molecule has 1 aliphatic rings. The molecule has 0 radical (unpaired) electrons.